The molecule has 0 saturated carbocycles. The molecule has 0 bridgehead atoms. The summed E-state index contributed by atoms with van der Waals surface area (Å²) in [4.78, 5) is 6.48. The SMILES string of the molecule is CC1=CCN(C(CN)c2ccncc2)CC1. The van der Waals surface area contributed by atoms with Gasteiger partial charge in [-0.25, -0.2) is 0 Å². The number of hydrogen-bond donors (Lipinski definition) is 1. The zero-order valence-corrected chi connectivity index (χ0v) is 9.76. The van der Waals surface area contributed by atoms with Crippen LogP contribution in [0.4, 0.5) is 0 Å². The monoisotopic (exact) mass is 217 g/mol. The fraction of sp³-hybridized carbons (Fsp3) is 0.462. The van der Waals surface area contributed by atoms with Crippen LogP contribution in [-0.2, 0) is 0 Å². The summed E-state index contributed by atoms with van der Waals surface area (Å²) >= 11 is 0. The van der Waals surface area contributed by atoms with Crippen LogP contribution in [0, 0.1) is 0 Å². The first-order valence-electron chi connectivity index (χ1n) is 5.81. The van der Waals surface area contributed by atoms with E-state index >= 15 is 0 Å². The number of hydrogen-bond acceptors (Lipinski definition) is 3. The summed E-state index contributed by atoms with van der Waals surface area (Å²) in [6.45, 7) is 4.97. The molecule has 2 rings (SSSR count). The molecule has 1 aliphatic rings. The minimum atomic E-state index is 0.326. The average Bonchev–Trinajstić information content (AvgIpc) is 2.34. The summed E-state index contributed by atoms with van der Waals surface area (Å²) in [5.74, 6) is 0. The van der Waals surface area contributed by atoms with Crippen molar-refractivity contribution in [2.24, 2.45) is 5.73 Å². The standard InChI is InChI=1S/C13H19N3/c1-11-4-8-16(9-5-11)13(10-14)12-2-6-15-7-3-12/h2-4,6-7,13H,5,8-10,14H2,1H3. The van der Waals surface area contributed by atoms with Crippen LogP contribution in [0.15, 0.2) is 36.2 Å². The van der Waals surface area contributed by atoms with Gasteiger partial charge in [-0.1, -0.05) is 11.6 Å². The molecule has 1 atom stereocenters. The molecule has 0 aliphatic carbocycles. The quantitative estimate of drug-likeness (QED) is 0.784. The molecular weight excluding hydrogens is 198 g/mol. The molecule has 1 aliphatic heterocycles. The van der Waals surface area contributed by atoms with Gasteiger partial charge < -0.3 is 5.73 Å². The highest BCUT2D eigenvalue weighted by Gasteiger charge is 2.19. The minimum Gasteiger partial charge on any atom is -0.329 e. The maximum atomic E-state index is 5.89. The van der Waals surface area contributed by atoms with Crippen molar-refractivity contribution in [3.8, 4) is 0 Å². The van der Waals surface area contributed by atoms with E-state index in [0.29, 0.717) is 12.6 Å². The Morgan fingerprint density at radius 2 is 2.19 bits per heavy atom. The molecule has 0 radical (unpaired) electrons. The van der Waals surface area contributed by atoms with Crippen LogP contribution >= 0.6 is 0 Å². The normalized spacial score (nSPS) is 19.2. The van der Waals surface area contributed by atoms with Gasteiger partial charge in [0, 0.05) is 38.1 Å². The van der Waals surface area contributed by atoms with Gasteiger partial charge in [-0.05, 0) is 31.0 Å². The molecular formula is C13H19N3. The second kappa shape index (κ2) is 5.23. The Kier molecular flexibility index (Phi) is 3.70. The van der Waals surface area contributed by atoms with Crippen molar-refractivity contribution in [1.82, 2.24) is 9.88 Å². The third-order valence-corrected chi connectivity index (χ3v) is 3.22. The minimum absolute atomic E-state index is 0.326. The molecule has 3 nitrogen and oxygen atoms in total. The Balaban J connectivity index is 2.12. The Hall–Kier alpha value is -1.19. The molecule has 1 unspecified atom stereocenters. The zero-order chi connectivity index (χ0) is 11.4. The van der Waals surface area contributed by atoms with E-state index in [4.69, 9.17) is 5.73 Å². The fourth-order valence-electron chi connectivity index (χ4n) is 2.15. The third kappa shape index (κ3) is 2.49. The van der Waals surface area contributed by atoms with Crippen molar-refractivity contribution in [2.45, 2.75) is 19.4 Å². The topological polar surface area (TPSA) is 42.1 Å². The lowest BCUT2D eigenvalue weighted by atomic mass is 10.0. The largest absolute Gasteiger partial charge is 0.329 e. The smallest absolute Gasteiger partial charge is 0.0475 e. The van der Waals surface area contributed by atoms with Gasteiger partial charge in [0.05, 0.1) is 0 Å². The number of pyridine rings is 1. The van der Waals surface area contributed by atoms with Gasteiger partial charge in [0.15, 0.2) is 0 Å². The Labute approximate surface area is 97.0 Å². The second-order valence-electron chi connectivity index (χ2n) is 4.33. The molecule has 0 aromatic carbocycles. The van der Waals surface area contributed by atoms with Crippen molar-refractivity contribution >= 4 is 0 Å². The van der Waals surface area contributed by atoms with Crippen molar-refractivity contribution in [2.75, 3.05) is 19.6 Å². The Morgan fingerprint density at radius 1 is 1.44 bits per heavy atom. The molecule has 0 spiro atoms. The van der Waals surface area contributed by atoms with E-state index in [9.17, 15) is 0 Å². The van der Waals surface area contributed by atoms with Gasteiger partial charge in [0.2, 0.25) is 0 Å². The van der Waals surface area contributed by atoms with E-state index in [1.54, 1.807) is 0 Å². The molecule has 1 aromatic rings. The third-order valence-electron chi connectivity index (χ3n) is 3.22. The van der Waals surface area contributed by atoms with E-state index in [-0.39, 0.29) is 0 Å². The molecule has 16 heavy (non-hydrogen) atoms. The van der Waals surface area contributed by atoms with E-state index in [1.165, 1.54) is 11.1 Å². The van der Waals surface area contributed by atoms with Crippen molar-refractivity contribution in [1.29, 1.82) is 0 Å². The molecule has 1 aromatic heterocycles. The fourth-order valence-corrected chi connectivity index (χ4v) is 2.15. The average molecular weight is 217 g/mol. The first-order valence-corrected chi connectivity index (χ1v) is 5.81. The summed E-state index contributed by atoms with van der Waals surface area (Å²) in [7, 11) is 0. The molecule has 3 heteroatoms. The van der Waals surface area contributed by atoms with E-state index in [0.717, 1.165) is 19.5 Å². The van der Waals surface area contributed by atoms with Crippen LogP contribution in [-0.4, -0.2) is 29.5 Å². The summed E-state index contributed by atoms with van der Waals surface area (Å²) in [5, 5.41) is 0. The predicted molar refractivity (Wildman–Crippen MR) is 66.0 cm³/mol. The van der Waals surface area contributed by atoms with Crippen LogP contribution in [0.1, 0.15) is 24.9 Å². The van der Waals surface area contributed by atoms with Crippen LogP contribution in [0.25, 0.3) is 0 Å². The Bertz CT molecular complexity index is 359. The van der Waals surface area contributed by atoms with Crippen LogP contribution in [0.5, 0.6) is 0 Å². The van der Waals surface area contributed by atoms with Crippen LogP contribution in [0.2, 0.25) is 0 Å². The lowest BCUT2D eigenvalue weighted by Crippen LogP contribution is -2.36. The Morgan fingerprint density at radius 3 is 2.75 bits per heavy atom. The second-order valence-corrected chi connectivity index (χ2v) is 4.33. The summed E-state index contributed by atoms with van der Waals surface area (Å²) in [6.07, 6.45) is 7.13. The number of nitrogens with zero attached hydrogens (tertiary/aromatic N) is 2. The predicted octanol–water partition coefficient (Wildman–Crippen LogP) is 1.73. The maximum absolute atomic E-state index is 5.89. The van der Waals surface area contributed by atoms with Crippen LogP contribution in [0.3, 0.4) is 0 Å². The van der Waals surface area contributed by atoms with Crippen LogP contribution < -0.4 is 5.73 Å². The number of rotatable bonds is 3. The highest BCUT2D eigenvalue weighted by atomic mass is 15.2. The van der Waals surface area contributed by atoms with Gasteiger partial charge in [0.25, 0.3) is 0 Å². The number of nitrogens with two attached hydrogens (primary N) is 1. The number of aromatic nitrogens is 1. The van der Waals surface area contributed by atoms with E-state index in [1.807, 2.05) is 12.4 Å². The van der Waals surface area contributed by atoms with E-state index in [2.05, 4.69) is 35.0 Å². The lowest BCUT2D eigenvalue weighted by Gasteiger charge is -2.33. The van der Waals surface area contributed by atoms with Gasteiger partial charge in [-0.3, -0.25) is 9.88 Å². The molecule has 86 valence electrons. The summed E-state index contributed by atoms with van der Waals surface area (Å²) < 4.78 is 0. The van der Waals surface area contributed by atoms with Gasteiger partial charge in [0.1, 0.15) is 0 Å². The molecule has 2 heterocycles. The zero-order valence-electron chi connectivity index (χ0n) is 9.76. The van der Waals surface area contributed by atoms with Crippen molar-refractivity contribution in [3.05, 3.63) is 41.7 Å². The first-order chi connectivity index (χ1) is 7.81. The molecule has 0 amide bonds. The van der Waals surface area contributed by atoms with E-state index < -0.39 is 0 Å². The van der Waals surface area contributed by atoms with Gasteiger partial charge >= 0.3 is 0 Å². The molecule has 0 saturated heterocycles. The lowest BCUT2D eigenvalue weighted by molar-refractivity contribution is 0.217. The molecule has 2 N–H and O–H groups in total. The molecule has 0 fully saturated rings. The van der Waals surface area contributed by atoms with Crippen molar-refractivity contribution < 1.29 is 0 Å². The van der Waals surface area contributed by atoms with Gasteiger partial charge in [-0.2, -0.15) is 0 Å². The highest BCUT2D eigenvalue weighted by Crippen LogP contribution is 2.22. The summed E-state index contributed by atoms with van der Waals surface area (Å²) in [5.41, 5.74) is 8.64. The van der Waals surface area contributed by atoms with Gasteiger partial charge in [-0.15, -0.1) is 0 Å². The summed E-state index contributed by atoms with van der Waals surface area (Å²) in [6, 6.07) is 4.44. The first kappa shape index (κ1) is 11.3. The van der Waals surface area contributed by atoms with Crippen molar-refractivity contribution in [3.63, 3.8) is 0 Å². The highest BCUT2D eigenvalue weighted by molar-refractivity contribution is 5.17. The maximum Gasteiger partial charge on any atom is 0.0475 e.